The van der Waals surface area contributed by atoms with Crippen molar-refractivity contribution in [3.05, 3.63) is 0 Å². The van der Waals surface area contributed by atoms with Crippen molar-refractivity contribution in [2.75, 3.05) is 13.2 Å². The summed E-state index contributed by atoms with van der Waals surface area (Å²) in [6.07, 6.45) is 10.6. The first-order chi connectivity index (χ1) is 10.3. The number of ether oxygens (including phenoxy) is 1. The molecular weight excluding hydrogens is 326 g/mol. The molecule has 0 aromatic carbocycles. The molecule has 0 amide bonds. The van der Waals surface area contributed by atoms with E-state index in [1.54, 1.807) is 0 Å². The number of hydrogen-bond acceptors (Lipinski definition) is 2. The molecule has 0 aliphatic heterocycles. The summed E-state index contributed by atoms with van der Waals surface area (Å²) in [4.78, 5) is 21.6. The molecule has 2 unspecified atom stereocenters. The van der Waals surface area contributed by atoms with E-state index in [-0.39, 0.29) is 29.6 Å². The molecule has 0 aromatic heterocycles. The Morgan fingerprint density at radius 3 is 1.35 bits per heavy atom. The number of unbranched alkanes of at least 4 members (excludes halogenated alkanes) is 2. The Hall–Kier alpha value is 1.07. The molecule has 7 heteroatoms. The summed E-state index contributed by atoms with van der Waals surface area (Å²) in [5.41, 5.74) is 0. The molecule has 0 heterocycles. The molecule has 0 saturated carbocycles. The third-order valence-corrected chi connectivity index (χ3v) is 3.79. The Kier molecular flexibility index (Phi) is 24.3. The summed E-state index contributed by atoms with van der Waals surface area (Å²) in [6, 6.07) is 0. The maximum absolute atomic E-state index is 8.88. The van der Waals surface area contributed by atoms with Crippen LogP contribution in [0.15, 0.2) is 0 Å². The molecular formula is C16H38NaO5P. The van der Waals surface area contributed by atoms with Crippen molar-refractivity contribution in [1.82, 2.24) is 0 Å². The molecule has 0 saturated heterocycles. The minimum absolute atomic E-state index is 0. The minimum atomic E-state index is -4.64. The Morgan fingerprint density at radius 1 is 0.826 bits per heavy atom. The first-order valence-electron chi connectivity index (χ1n) is 8.64. The summed E-state index contributed by atoms with van der Waals surface area (Å²) >= 11 is 0. The van der Waals surface area contributed by atoms with Crippen molar-refractivity contribution in [2.24, 2.45) is 11.8 Å². The van der Waals surface area contributed by atoms with Crippen molar-refractivity contribution in [3.63, 3.8) is 0 Å². The Labute approximate surface area is 165 Å². The Balaban J connectivity index is -0.000000578. The molecule has 138 valence electrons. The molecule has 0 rings (SSSR count). The van der Waals surface area contributed by atoms with Gasteiger partial charge in [0.1, 0.15) is 0 Å². The van der Waals surface area contributed by atoms with E-state index < -0.39 is 7.82 Å². The topological polar surface area (TPSA) is 87.0 Å². The SMILES string of the molecule is CCCCC(CC)COCC(CC)CCCC.O=P(O)(O)O.[NaH]. The van der Waals surface area contributed by atoms with Crippen molar-refractivity contribution >= 4 is 37.4 Å². The van der Waals surface area contributed by atoms with E-state index in [1.165, 1.54) is 51.4 Å². The van der Waals surface area contributed by atoms with Crippen molar-refractivity contribution in [2.45, 2.75) is 79.1 Å². The van der Waals surface area contributed by atoms with E-state index in [9.17, 15) is 0 Å². The van der Waals surface area contributed by atoms with Gasteiger partial charge in [-0.05, 0) is 24.7 Å². The number of rotatable bonds is 12. The van der Waals surface area contributed by atoms with Gasteiger partial charge in [0.25, 0.3) is 0 Å². The summed E-state index contributed by atoms with van der Waals surface area (Å²) < 4.78 is 14.8. The van der Waals surface area contributed by atoms with E-state index in [0.717, 1.165) is 25.0 Å². The zero-order chi connectivity index (χ0) is 17.4. The van der Waals surface area contributed by atoms with E-state index in [1.807, 2.05) is 0 Å². The van der Waals surface area contributed by atoms with Crippen LogP contribution in [0.25, 0.3) is 0 Å². The van der Waals surface area contributed by atoms with E-state index >= 15 is 0 Å². The zero-order valence-electron chi connectivity index (χ0n) is 14.8. The van der Waals surface area contributed by atoms with Gasteiger partial charge >= 0.3 is 37.4 Å². The number of hydrogen-bond donors (Lipinski definition) is 3. The summed E-state index contributed by atoms with van der Waals surface area (Å²) in [6.45, 7) is 11.1. The average Bonchev–Trinajstić information content (AvgIpc) is 2.44. The van der Waals surface area contributed by atoms with E-state index in [0.29, 0.717) is 0 Å². The molecule has 2 atom stereocenters. The summed E-state index contributed by atoms with van der Waals surface area (Å²) in [5, 5.41) is 0. The van der Waals surface area contributed by atoms with Gasteiger partial charge in [0.15, 0.2) is 0 Å². The monoisotopic (exact) mass is 364 g/mol. The van der Waals surface area contributed by atoms with Crippen LogP contribution in [0.4, 0.5) is 0 Å². The number of phosphoric acid groups is 1. The van der Waals surface area contributed by atoms with Gasteiger partial charge in [0, 0.05) is 13.2 Å². The Bertz CT molecular complexity index is 249. The van der Waals surface area contributed by atoms with Crippen LogP contribution in [0.2, 0.25) is 0 Å². The van der Waals surface area contributed by atoms with Gasteiger partial charge in [-0.1, -0.05) is 66.2 Å². The normalized spacial score (nSPS) is 13.5. The van der Waals surface area contributed by atoms with Gasteiger partial charge < -0.3 is 19.4 Å². The van der Waals surface area contributed by atoms with Gasteiger partial charge in [-0.2, -0.15) is 0 Å². The third-order valence-electron chi connectivity index (χ3n) is 3.79. The van der Waals surface area contributed by atoms with Crippen LogP contribution in [0, 0.1) is 11.8 Å². The van der Waals surface area contributed by atoms with Crippen LogP contribution in [-0.4, -0.2) is 57.5 Å². The van der Waals surface area contributed by atoms with Gasteiger partial charge in [-0.25, -0.2) is 4.57 Å². The first-order valence-corrected chi connectivity index (χ1v) is 10.2. The second-order valence-electron chi connectivity index (χ2n) is 5.88. The van der Waals surface area contributed by atoms with Crippen LogP contribution in [0.1, 0.15) is 79.1 Å². The zero-order valence-corrected chi connectivity index (χ0v) is 15.7. The molecule has 0 bridgehead atoms. The molecule has 0 aliphatic rings. The predicted octanol–water partition coefficient (Wildman–Crippen LogP) is 3.86. The fraction of sp³-hybridized carbons (Fsp3) is 1.00. The second kappa shape index (κ2) is 19.4. The van der Waals surface area contributed by atoms with Crippen LogP contribution in [0.3, 0.4) is 0 Å². The molecule has 0 radical (unpaired) electrons. The van der Waals surface area contributed by atoms with Crippen molar-refractivity contribution < 1.29 is 24.0 Å². The van der Waals surface area contributed by atoms with Gasteiger partial charge in [-0.3, -0.25) is 0 Å². The Morgan fingerprint density at radius 2 is 1.13 bits per heavy atom. The van der Waals surface area contributed by atoms with Crippen molar-refractivity contribution in [3.8, 4) is 0 Å². The van der Waals surface area contributed by atoms with Gasteiger partial charge in [0.2, 0.25) is 0 Å². The van der Waals surface area contributed by atoms with E-state index in [4.69, 9.17) is 24.0 Å². The first kappa shape index (κ1) is 28.9. The average molecular weight is 364 g/mol. The molecule has 23 heavy (non-hydrogen) atoms. The van der Waals surface area contributed by atoms with E-state index in [2.05, 4.69) is 27.7 Å². The molecule has 0 fully saturated rings. The molecule has 0 aliphatic carbocycles. The van der Waals surface area contributed by atoms with Crippen molar-refractivity contribution in [1.29, 1.82) is 0 Å². The second-order valence-corrected chi connectivity index (χ2v) is 6.91. The predicted molar refractivity (Wildman–Crippen MR) is 98.8 cm³/mol. The quantitative estimate of drug-likeness (QED) is 0.362. The molecule has 5 nitrogen and oxygen atoms in total. The summed E-state index contributed by atoms with van der Waals surface area (Å²) in [7, 11) is -4.64. The fourth-order valence-corrected chi connectivity index (χ4v) is 2.20. The van der Waals surface area contributed by atoms with Crippen LogP contribution in [-0.2, 0) is 9.30 Å². The standard InChI is InChI=1S/C16H34O.Na.H3O4P.H/c1-5-9-11-15(7-3)13-17-14-16(8-4)12-10-6-2;;1-5(2,3)4;/h15-16H,5-14H2,1-4H3;;(H3,1,2,3,4);. The molecule has 0 aromatic rings. The third kappa shape index (κ3) is 28.2. The van der Waals surface area contributed by atoms with Crippen LogP contribution < -0.4 is 0 Å². The maximum atomic E-state index is 8.88. The fourth-order valence-electron chi connectivity index (χ4n) is 2.20. The van der Waals surface area contributed by atoms with Crippen LogP contribution in [0.5, 0.6) is 0 Å². The molecule has 0 spiro atoms. The molecule has 3 N–H and O–H groups in total. The van der Waals surface area contributed by atoms with Crippen LogP contribution >= 0.6 is 7.82 Å². The summed E-state index contributed by atoms with van der Waals surface area (Å²) in [5.74, 6) is 1.58. The van der Waals surface area contributed by atoms with Gasteiger partial charge in [-0.15, -0.1) is 0 Å². The van der Waals surface area contributed by atoms with Gasteiger partial charge in [0.05, 0.1) is 0 Å².